The van der Waals surface area contributed by atoms with E-state index in [9.17, 15) is 0 Å². The number of nitrogens with one attached hydrogen (secondary N) is 1. The van der Waals surface area contributed by atoms with Crippen molar-refractivity contribution < 1.29 is 0 Å². The molecule has 0 amide bonds. The zero-order chi connectivity index (χ0) is 19.1. The number of rotatable bonds is 5. The molecule has 1 N–H and O–H groups in total. The summed E-state index contributed by atoms with van der Waals surface area (Å²) in [5, 5.41) is 3.66. The minimum atomic E-state index is 0.647. The van der Waals surface area contributed by atoms with E-state index in [0.717, 1.165) is 11.6 Å². The van der Waals surface area contributed by atoms with Crippen molar-refractivity contribution in [3.05, 3.63) is 96.2 Å². The van der Waals surface area contributed by atoms with Crippen LogP contribution in [0.25, 0.3) is 17.2 Å². The maximum atomic E-state index is 3.66. The van der Waals surface area contributed by atoms with E-state index in [-0.39, 0.29) is 0 Å². The molecule has 1 heteroatoms. The molecule has 4 rings (SSSR count). The van der Waals surface area contributed by atoms with Crippen molar-refractivity contribution in [2.24, 2.45) is 11.8 Å². The first-order chi connectivity index (χ1) is 13.3. The van der Waals surface area contributed by atoms with Crippen molar-refractivity contribution in [3.8, 4) is 11.1 Å². The van der Waals surface area contributed by atoms with Crippen LogP contribution in [0.3, 0.4) is 0 Å². The predicted octanol–water partition coefficient (Wildman–Crippen LogP) is 7.49. The Morgan fingerprint density at radius 3 is 1.85 bits per heavy atom. The monoisotopic (exact) mass is 355 g/mol. The van der Waals surface area contributed by atoms with Gasteiger partial charge >= 0.3 is 0 Å². The van der Waals surface area contributed by atoms with Gasteiger partial charge in [0.1, 0.15) is 0 Å². The first-order valence-corrected chi connectivity index (χ1v) is 9.99. The predicted molar refractivity (Wildman–Crippen MR) is 119 cm³/mol. The molecule has 0 heterocycles. The molecule has 0 bridgehead atoms. The van der Waals surface area contributed by atoms with Crippen molar-refractivity contribution >= 4 is 11.8 Å². The Morgan fingerprint density at radius 1 is 0.778 bits per heavy atom. The van der Waals surface area contributed by atoms with E-state index >= 15 is 0 Å². The molecule has 1 aliphatic rings. The summed E-state index contributed by atoms with van der Waals surface area (Å²) < 4.78 is 0. The third-order valence-electron chi connectivity index (χ3n) is 4.91. The molecular weight excluding hydrogens is 326 g/mol. The van der Waals surface area contributed by atoms with Crippen molar-refractivity contribution in [1.29, 1.82) is 0 Å². The second kappa shape index (κ2) is 9.23. The number of allylic oxidation sites excluding steroid dienone is 1. The van der Waals surface area contributed by atoms with E-state index in [1.807, 2.05) is 13.8 Å². The fraction of sp³-hybridized carbons (Fsp3) is 0.231. The minimum absolute atomic E-state index is 0.647. The van der Waals surface area contributed by atoms with Gasteiger partial charge in [-0.1, -0.05) is 93.6 Å². The van der Waals surface area contributed by atoms with E-state index in [0.29, 0.717) is 5.92 Å². The molecular formula is C26H29N. The van der Waals surface area contributed by atoms with E-state index in [4.69, 9.17) is 0 Å². The fourth-order valence-electron chi connectivity index (χ4n) is 3.26. The summed E-state index contributed by atoms with van der Waals surface area (Å²) >= 11 is 0. The summed E-state index contributed by atoms with van der Waals surface area (Å²) in [6.07, 6.45) is 3.56. The summed E-state index contributed by atoms with van der Waals surface area (Å²) in [4.78, 5) is 0. The van der Waals surface area contributed by atoms with E-state index < -0.39 is 0 Å². The van der Waals surface area contributed by atoms with Crippen LogP contribution in [0.2, 0.25) is 0 Å². The Kier molecular flexibility index (Phi) is 6.49. The molecule has 0 aromatic heterocycles. The average Bonchev–Trinajstić information content (AvgIpc) is 3.48. The van der Waals surface area contributed by atoms with Crippen molar-refractivity contribution in [1.82, 2.24) is 0 Å². The van der Waals surface area contributed by atoms with Gasteiger partial charge in [0.15, 0.2) is 0 Å². The largest absolute Gasteiger partial charge is 0.359 e. The number of hydrogen-bond acceptors (Lipinski definition) is 1. The third kappa shape index (κ3) is 5.10. The summed E-state index contributed by atoms with van der Waals surface area (Å²) in [6, 6.07) is 29.8. The van der Waals surface area contributed by atoms with Gasteiger partial charge in [-0.25, -0.2) is 0 Å². The van der Waals surface area contributed by atoms with Gasteiger partial charge < -0.3 is 5.32 Å². The van der Waals surface area contributed by atoms with Crippen LogP contribution in [-0.2, 0) is 0 Å². The van der Waals surface area contributed by atoms with E-state index in [1.165, 1.54) is 28.8 Å². The summed E-state index contributed by atoms with van der Waals surface area (Å²) in [5.41, 5.74) is 6.24. The van der Waals surface area contributed by atoms with Crippen LogP contribution in [0.15, 0.2) is 90.6 Å². The van der Waals surface area contributed by atoms with Crippen LogP contribution >= 0.6 is 0 Å². The first-order valence-electron chi connectivity index (χ1n) is 9.99. The van der Waals surface area contributed by atoms with Crippen molar-refractivity contribution in [2.45, 2.75) is 27.2 Å². The lowest BCUT2D eigenvalue weighted by atomic mass is 10.1. The molecule has 0 saturated heterocycles. The zero-order valence-electron chi connectivity index (χ0n) is 16.5. The van der Waals surface area contributed by atoms with Crippen LogP contribution in [0, 0.1) is 11.8 Å². The van der Waals surface area contributed by atoms with Gasteiger partial charge in [-0.15, -0.1) is 0 Å². The summed E-state index contributed by atoms with van der Waals surface area (Å²) in [6.45, 7) is 6.32. The first kappa shape index (κ1) is 19.0. The Morgan fingerprint density at radius 2 is 1.30 bits per heavy atom. The lowest BCUT2D eigenvalue weighted by Crippen LogP contribution is -2.02. The van der Waals surface area contributed by atoms with Crippen LogP contribution in [0.1, 0.15) is 32.8 Å². The van der Waals surface area contributed by atoms with Gasteiger partial charge in [-0.2, -0.15) is 0 Å². The molecule has 0 aliphatic heterocycles. The quantitative estimate of drug-likeness (QED) is 0.500. The van der Waals surface area contributed by atoms with Crippen LogP contribution in [0.5, 0.6) is 0 Å². The lowest BCUT2D eigenvalue weighted by molar-refractivity contribution is 0.864. The Hall–Kier alpha value is -2.80. The smallest absolute Gasteiger partial charge is 0.0382 e. The Bertz CT molecular complexity index is 848. The normalized spacial score (nSPS) is 18.3. The van der Waals surface area contributed by atoms with Crippen LogP contribution in [-0.4, -0.2) is 0 Å². The zero-order valence-corrected chi connectivity index (χ0v) is 16.5. The van der Waals surface area contributed by atoms with Gasteiger partial charge in [0.2, 0.25) is 0 Å². The van der Waals surface area contributed by atoms with Gasteiger partial charge in [0.05, 0.1) is 0 Å². The molecule has 1 fully saturated rings. The standard InChI is InChI=1S/C24H23N.C2H6/c1-18-16-23(18)24(17-19-8-4-2-5-9-19)25-22-14-12-21(13-15-22)20-10-6-3-7-11-20;1-2/h2-15,17-18,23,25H,16H2,1H3;1-2H3/b24-17+;. The molecule has 3 aromatic carbocycles. The summed E-state index contributed by atoms with van der Waals surface area (Å²) in [7, 11) is 0. The average molecular weight is 356 g/mol. The third-order valence-corrected chi connectivity index (χ3v) is 4.91. The Labute approximate surface area is 163 Å². The number of anilines is 1. The fourth-order valence-corrected chi connectivity index (χ4v) is 3.26. The van der Waals surface area contributed by atoms with E-state index in [1.54, 1.807) is 0 Å². The number of hydrogen-bond donors (Lipinski definition) is 1. The number of benzene rings is 3. The topological polar surface area (TPSA) is 12.0 Å². The van der Waals surface area contributed by atoms with Gasteiger partial charge in [-0.3, -0.25) is 0 Å². The maximum Gasteiger partial charge on any atom is 0.0382 e. The highest BCUT2D eigenvalue weighted by molar-refractivity contribution is 5.68. The van der Waals surface area contributed by atoms with Gasteiger partial charge in [-0.05, 0) is 47.2 Å². The van der Waals surface area contributed by atoms with Gasteiger partial charge in [0.25, 0.3) is 0 Å². The Balaban J connectivity index is 0.00000102. The molecule has 27 heavy (non-hydrogen) atoms. The summed E-state index contributed by atoms with van der Waals surface area (Å²) in [5.74, 6) is 1.42. The van der Waals surface area contributed by atoms with Crippen molar-refractivity contribution in [3.63, 3.8) is 0 Å². The van der Waals surface area contributed by atoms with Crippen LogP contribution < -0.4 is 5.32 Å². The highest BCUT2D eigenvalue weighted by atomic mass is 14.9. The molecule has 138 valence electrons. The van der Waals surface area contributed by atoms with E-state index in [2.05, 4.69) is 103 Å². The molecule has 2 atom stereocenters. The maximum absolute atomic E-state index is 3.66. The van der Waals surface area contributed by atoms with Crippen molar-refractivity contribution in [2.75, 3.05) is 5.32 Å². The second-order valence-corrected chi connectivity index (χ2v) is 6.90. The SMILES string of the molecule is CC.CC1CC1/C(=C\c1ccccc1)Nc1ccc(-c2ccccc2)cc1. The molecule has 2 unspecified atom stereocenters. The lowest BCUT2D eigenvalue weighted by Gasteiger charge is -2.12. The second-order valence-electron chi connectivity index (χ2n) is 6.90. The van der Waals surface area contributed by atoms with Gasteiger partial charge in [0, 0.05) is 17.3 Å². The minimum Gasteiger partial charge on any atom is -0.359 e. The molecule has 1 saturated carbocycles. The molecule has 1 aliphatic carbocycles. The molecule has 3 aromatic rings. The molecule has 1 nitrogen and oxygen atoms in total. The van der Waals surface area contributed by atoms with Crippen LogP contribution in [0.4, 0.5) is 5.69 Å². The molecule has 0 radical (unpaired) electrons. The highest BCUT2D eigenvalue weighted by Gasteiger charge is 2.35. The molecule has 0 spiro atoms. The highest BCUT2D eigenvalue weighted by Crippen LogP contribution is 2.44.